The Hall–Kier alpha value is -0.760. The van der Waals surface area contributed by atoms with E-state index in [1.807, 2.05) is 26.1 Å². The van der Waals surface area contributed by atoms with Crippen LogP contribution in [0.1, 0.15) is 12.5 Å². The minimum absolute atomic E-state index is 0.560. The Balaban J connectivity index is 3.00. The molecule has 0 aliphatic rings. The largest absolute Gasteiger partial charge is 0.360 e. The van der Waals surface area contributed by atoms with Crippen molar-refractivity contribution in [1.29, 1.82) is 0 Å². The lowest BCUT2D eigenvalue weighted by Crippen LogP contribution is -2.17. The van der Waals surface area contributed by atoms with Crippen LogP contribution >= 0.6 is 11.6 Å². The summed E-state index contributed by atoms with van der Waals surface area (Å²) in [6, 6.07) is 3.88. The normalized spacial score (nSPS) is 10.0. The van der Waals surface area contributed by atoms with Crippen molar-refractivity contribution >= 4 is 17.4 Å². The standard InChI is InChI=1S/C9H13ClN2/c1-4-12(3)9-6-7(2)5-8(10)11-9/h5-6H,4H2,1-3H3. The molecular weight excluding hydrogens is 172 g/mol. The quantitative estimate of drug-likeness (QED) is 0.657. The van der Waals surface area contributed by atoms with Gasteiger partial charge in [0.15, 0.2) is 0 Å². The lowest BCUT2D eigenvalue weighted by molar-refractivity contribution is 0.936. The molecule has 0 fully saturated rings. The third kappa shape index (κ3) is 2.11. The molecule has 12 heavy (non-hydrogen) atoms. The van der Waals surface area contributed by atoms with Crippen molar-refractivity contribution in [3.05, 3.63) is 22.8 Å². The fraction of sp³-hybridized carbons (Fsp3) is 0.444. The summed E-state index contributed by atoms with van der Waals surface area (Å²) < 4.78 is 0. The molecular formula is C9H13ClN2. The highest BCUT2D eigenvalue weighted by molar-refractivity contribution is 6.29. The minimum atomic E-state index is 0.560. The average molecular weight is 185 g/mol. The van der Waals surface area contributed by atoms with Gasteiger partial charge < -0.3 is 4.90 Å². The average Bonchev–Trinajstić information content (AvgIpc) is 2.01. The number of hydrogen-bond donors (Lipinski definition) is 0. The molecule has 0 saturated heterocycles. The van der Waals surface area contributed by atoms with Gasteiger partial charge in [0.25, 0.3) is 0 Å². The predicted molar refractivity (Wildman–Crippen MR) is 52.9 cm³/mol. The third-order valence-electron chi connectivity index (χ3n) is 1.79. The van der Waals surface area contributed by atoms with Crippen molar-refractivity contribution < 1.29 is 0 Å². The molecule has 1 heterocycles. The second-order valence-corrected chi connectivity index (χ2v) is 3.23. The van der Waals surface area contributed by atoms with Crippen LogP contribution in [0.4, 0.5) is 5.82 Å². The molecule has 0 bridgehead atoms. The number of nitrogens with zero attached hydrogens (tertiary/aromatic N) is 2. The summed E-state index contributed by atoms with van der Waals surface area (Å²) in [5, 5.41) is 0.560. The molecule has 0 atom stereocenters. The van der Waals surface area contributed by atoms with E-state index >= 15 is 0 Å². The van der Waals surface area contributed by atoms with E-state index in [0.29, 0.717) is 5.15 Å². The maximum atomic E-state index is 5.81. The molecule has 2 nitrogen and oxygen atoms in total. The third-order valence-corrected chi connectivity index (χ3v) is 1.98. The van der Waals surface area contributed by atoms with E-state index in [1.54, 1.807) is 0 Å². The van der Waals surface area contributed by atoms with E-state index < -0.39 is 0 Å². The molecule has 0 aliphatic heterocycles. The van der Waals surface area contributed by atoms with E-state index in [0.717, 1.165) is 17.9 Å². The second kappa shape index (κ2) is 3.76. The molecule has 0 saturated carbocycles. The lowest BCUT2D eigenvalue weighted by atomic mass is 10.3. The summed E-state index contributed by atoms with van der Waals surface area (Å²) in [5.74, 6) is 0.933. The molecule has 1 rings (SSSR count). The van der Waals surface area contributed by atoms with Gasteiger partial charge in [0.1, 0.15) is 11.0 Å². The molecule has 0 unspecified atom stereocenters. The number of aromatic nitrogens is 1. The Morgan fingerprint density at radius 3 is 2.67 bits per heavy atom. The van der Waals surface area contributed by atoms with E-state index in [9.17, 15) is 0 Å². The molecule has 0 aliphatic carbocycles. The minimum Gasteiger partial charge on any atom is -0.360 e. The number of anilines is 1. The number of halogens is 1. The van der Waals surface area contributed by atoms with Gasteiger partial charge in [-0.05, 0) is 31.5 Å². The Morgan fingerprint density at radius 2 is 2.17 bits per heavy atom. The van der Waals surface area contributed by atoms with Crippen LogP contribution in [-0.4, -0.2) is 18.6 Å². The zero-order chi connectivity index (χ0) is 9.14. The van der Waals surface area contributed by atoms with Crippen molar-refractivity contribution in [2.24, 2.45) is 0 Å². The molecule has 0 amide bonds. The van der Waals surface area contributed by atoms with Gasteiger partial charge in [-0.15, -0.1) is 0 Å². The number of hydrogen-bond acceptors (Lipinski definition) is 2. The zero-order valence-electron chi connectivity index (χ0n) is 7.63. The van der Waals surface area contributed by atoms with Gasteiger partial charge in [0.2, 0.25) is 0 Å². The SMILES string of the molecule is CCN(C)c1cc(C)cc(Cl)n1. The predicted octanol–water partition coefficient (Wildman–Crippen LogP) is 2.50. The first-order chi connectivity index (χ1) is 5.63. The molecule has 1 aromatic rings. The van der Waals surface area contributed by atoms with Crippen LogP contribution in [0.25, 0.3) is 0 Å². The van der Waals surface area contributed by atoms with E-state index in [2.05, 4.69) is 16.8 Å². The first-order valence-corrected chi connectivity index (χ1v) is 4.36. The molecule has 66 valence electrons. The number of pyridine rings is 1. The Morgan fingerprint density at radius 1 is 1.50 bits per heavy atom. The number of aryl methyl sites for hydroxylation is 1. The summed E-state index contributed by atoms with van der Waals surface area (Å²) in [5.41, 5.74) is 1.14. The Kier molecular flexibility index (Phi) is 2.93. The van der Waals surface area contributed by atoms with Crippen LogP contribution in [0.15, 0.2) is 12.1 Å². The summed E-state index contributed by atoms with van der Waals surface area (Å²) in [6.45, 7) is 5.03. The molecule has 0 radical (unpaired) electrons. The van der Waals surface area contributed by atoms with Crippen LogP contribution in [0.2, 0.25) is 5.15 Å². The Labute approximate surface area is 78.2 Å². The van der Waals surface area contributed by atoms with Crippen molar-refractivity contribution in [1.82, 2.24) is 4.98 Å². The van der Waals surface area contributed by atoms with Gasteiger partial charge in [-0.3, -0.25) is 0 Å². The highest BCUT2D eigenvalue weighted by Gasteiger charge is 2.01. The van der Waals surface area contributed by atoms with Crippen LogP contribution in [-0.2, 0) is 0 Å². The van der Waals surface area contributed by atoms with Gasteiger partial charge in [-0.1, -0.05) is 11.6 Å². The van der Waals surface area contributed by atoms with Gasteiger partial charge >= 0.3 is 0 Å². The van der Waals surface area contributed by atoms with E-state index in [-0.39, 0.29) is 0 Å². The maximum Gasteiger partial charge on any atom is 0.131 e. The monoisotopic (exact) mass is 184 g/mol. The second-order valence-electron chi connectivity index (χ2n) is 2.84. The highest BCUT2D eigenvalue weighted by atomic mass is 35.5. The lowest BCUT2D eigenvalue weighted by Gasteiger charge is -2.15. The fourth-order valence-electron chi connectivity index (χ4n) is 0.965. The summed E-state index contributed by atoms with van der Waals surface area (Å²) in [4.78, 5) is 6.25. The molecule has 0 N–H and O–H groups in total. The van der Waals surface area contributed by atoms with Gasteiger partial charge in [-0.2, -0.15) is 0 Å². The van der Waals surface area contributed by atoms with Crippen LogP contribution < -0.4 is 4.90 Å². The summed E-state index contributed by atoms with van der Waals surface area (Å²) in [7, 11) is 2.00. The highest BCUT2D eigenvalue weighted by Crippen LogP contribution is 2.15. The van der Waals surface area contributed by atoms with Gasteiger partial charge in [-0.25, -0.2) is 4.98 Å². The smallest absolute Gasteiger partial charge is 0.131 e. The topological polar surface area (TPSA) is 16.1 Å². The van der Waals surface area contributed by atoms with E-state index in [1.165, 1.54) is 0 Å². The van der Waals surface area contributed by atoms with Gasteiger partial charge in [0, 0.05) is 13.6 Å². The molecule has 0 spiro atoms. The first-order valence-electron chi connectivity index (χ1n) is 3.99. The van der Waals surface area contributed by atoms with Crippen LogP contribution in [0.3, 0.4) is 0 Å². The summed E-state index contributed by atoms with van der Waals surface area (Å²) in [6.07, 6.45) is 0. The fourth-order valence-corrected chi connectivity index (χ4v) is 1.22. The van der Waals surface area contributed by atoms with Crippen molar-refractivity contribution in [2.75, 3.05) is 18.5 Å². The van der Waals surface area contributed by atoms with Crippen molar-refractivity contribution in [3.8, 4) is 0 Å². The van der Waals surface area contributed by atoms with Gasteiger partial charge in [0.05, 0.1) is 0 Å². The molecule has 3 heteroatoms. The first kappa shape index (κ1) is 9.33. The van der Waals surface area contributed by atoms with Crippen LogP contribution in [0, 0.1) is 6.92 Å². The number of rotatable bonds is 2. The zero-order valence-corrected chi connectivity index (χ0v) is 8.39. The van der Waals surface area contributed by atoms with Crippen LogP contribution in [0.5, 0.6) is 0 Å². The van der Waals surface area contributed by atoms with Crippen molar-refractivity contribution in [2.45, 2.75) is 13.8 Å². The van der Waals surface area contributed by atoms with Crippen molar-refractivity contribution in [3.63, 3.8) is 0 Å². The maximum absolute atomic E-state index is 5.81. The Bertz CT molecular complexity index is 253. The molecule has 0 aromatic carbocycles. The van der Waals surface area contributed by atoms with E-state index in [4.69, 9.17) is 11.6 Å². The molecule has 1 aromatic heterocycles. The summed E-state index contributed by atoms with van der Waals surface area (Å²) >= 11 is 5.81.